The molecule has 0 saturated heterocycles. The van der Waals surface area contributed by atoms with Crippen molar-refractivity contribution in [1.29, 1.82) is 0 Å². The average Bonchev–Trinajstić information content (AvgIpc) is 3.40. The van der Waals surface area contributed by atoms with E-state index in [0.717, 1.165) is 23.8 Å². The molecule has 1 heterocycles. The molecule has 9 heteroatoms. The fraction of sp³-hybridized carbons (Fsp3) is 0.412. The van der Waals surface area contributed by atoms with Crippen molar-refractivity contribution in [2.75, 3.05) is 12.4 Å². The first-order valence-corrected chi connectivity index (χ1v) is 9.29. The van der Waals surface area contributed by atoms with Crippen molar-refractivity contribution in [2.24, 2.45) is 0 Å². The standard InChI is InChI=1S/C17H20N4O4S/c1-2-8-20-16(12-6-7-12)18-19-17(20)26-11-14(22)10-25-15-5-3-4-13(9-15)21(23)24/h2-5,9,12,14,22H,1,6-8,10-11H2/t14-/m1/s1. The number of non-ortho nitro benzene ring substituents is 1. The highest BCUT2D eigenvalue weighted by atomic mass is 32.2. The molecule has 1 atom stereocenters. The van der Waals surface area contributed by atoms with Crippen LogP contribution in [-0.2, 0) is 6.54 Å². The van der Waals surface area contributed by atoms with Gasteiger partial charge in [-0.05, 0) is 18.9 Å². The van der Waals surface area contributed by atoms with Crippen LogP contribution in [0.5, 0.6) is 5.75 Å². The second-order valence-corrected chi connectivity index (χ2v) is 7.03. The normalized spacial score (nSPS) is 14.8. The van der Waals surface area contributed by atoms with Crippen molar-refractivity contribution >= 4 is 17.4 Å². The van der Waals surface area contributed by atoms with Gasteiger partial charge in [-0.2, -0.15) is 0 Å². The van der Waals surface area contributed by atoms with E-state index in [-0.39, 0.29) is 12.3 Å². The molecule has 0 spiro atoms. The maximum absolute atomic E-state index is 10.8. The van der Waals surface area contributed by atoms with E-state index in [2.05, 4.69) is 16.8 Å². The molecule has 0 radical (unpaired) electrons. The Labute approximate surface area is 155 Å². The third-order valence-electron chi connectivity index (χ3n) is 3.88. The minimum Gasteiger partial charge on any atom is -0.491 e. The van der Waals surface area contributed by atoms with Crippen LogP contribution in [0.25, 0.3) is 0 Å². The molecule has 0 aliphatic heterocycles. The van der Waals surface area contributed by atoms with Gasteiger partial charge in [-0.3, -0.25) is 10.1 Å². The lowest BCUT2D eigenvalue weighted by atomic mass is 10.3. The molecule has 8 nitrogen and oxygen atoms in total. The van der Waals surface area contributed by atoms with Crippen LogP contribution in [0.15, 0.2) is 42.1 Å². The first-order chi connectivity index (χ1) is 12.6. The van der Waals surface area contributed by atoms with Gasteiger partial charge in [-0.1, -0.05) is 23.9 Å². The molecule has 2 aromatic rings. The van der Waals surface area contributed by atoms with Gasteiger partial charge in [-0.25, -0.2) is 0 Å². The molecule has 26 heavy (non-hydrogen) atoms. The first-order valence-electron chi connectivity index (χ1n) is 8.30. The Hall–Kier alpha value is -2.39. The second-order valence-electron chi connectivity index (χ2n) is 6.04. The van der Waals surface area contributed by atoms with E-state index < -0.39 is 11.0 Å². The van der Waals surface area contributed by atoms with Crippen molar-refractivity contribution in [2.45, 2.75) is 36.6 Å². The van der Waals surface area contributed by atoms with Crippen LogP contribution in [0.2, 0.25) is 0 Å². The third kappa shape index (κ3) is 4.61. The molecule has 0 bridgehead atoms. The summed E-state index contributed by atoms with van der Waals surface area (Å²) in [6.07, 6.45) is 3.35. The van der Waals surface area contributed by atoms with Crippen molar-refractivity contribution in [3.05, 3.63) is 52.9 Å². The Morgan fingerprint density at radius 3 is 3.00 bits per heavy atom. The summed E-state index contributed by atoms with van der Waals surface area (Å²) in [5.74, 6) is 2.21. The Kier molecular flexibility index (Phi) is 5.89. The molecule has 1 saturated carbocycles. The maximum atomic E-state index is 10.8. The number of thioether (sulfide) groups is 1. The molecule has 1 aromatic heterocycles. The quantitative estimate of drug-likeness (QED) is 0.294. The number of allylic oxidation sites excluding steroid dienone is 1. The highest BCUT2D eigenvalue weighted by Gasteiger charge is 2.30. The molecule has 1 N–H and O–H groups in total. The zero-order chi connectivity index (χ0) is 18.5. The summed E-state index contributed by atoms with van der Waals surface area (Å²) in [4.78, 5) is 10.3. The number of ether oxygens (including phenoxy) is 1. The van der Waals surface area contributed by atoms with Crippen LogP contribution >= 0.6 is 11.8 Å². The summed E-state index contributed by atoms with van der Waals surface area (Å²) in [6, 6.07) is 5.90. The largest absolute Gasteiger partial charge is 0.491 e. The minimum atomic E-state index is -0.738. The Bertz CT molecular complexity index is 791. The Morgan fingerprint density at radius 2 is 2.31 bits per heavy atom. The van der Waals surface area contributed by atoms with E-state index in [1.165, 1.54) is 23.9 Å². The minimum absolute atomic E-state index is 0.0409. The fourth-order valence-corrected chi connectivity index (χ4v) is 3.31. The van der Waals surface area contributed by atoms with Gasteiger partial charge in [0.2, 0.25) is 0 Å². The van der Waals surface area contributed by atoms with Crippen molar-refractivity contribution in [3.63, 3.8) is 0 Å². The van der Waals surface area contributed by atoms with Crippen LogP contribution in [0, 0.1) is 10.1 Å². The summed E-state index contributed by atoms with van der Waals surface area (Å²) >= 11 is 1.41. The van der Waals surface area contributed by atoms with Gasteiger partial charge in [0.1, 0.15) is 18.2 Å². The fourth-order valence-electron chi connectivity index (χ4n) is 2.45. The van der Waals surface area contributed by atoms with Crippen LogP contribution in [-0.4, -0.2) is 43.3 Å². The predicted octanol–water partition coefficient (Wildman–Crippen LogP) is 2.78. The molecule has 0 amide bonds. The van der Waals surface area contributed by atoms with Gasteiger partial charge < -0.3 is 14.4 Å². The van der Waals surface area contributed by atoms with Crippen molar-refractivity contribution in [3.8, 4) is 5.75 Å². The number of hydrogen-bond donors (Lipinski definition) is 1. The molecular formula is C17H20N4O4S. The summed E-state index contributed by atoms with van der Waals surface area (Å²) in [5, 5.41) is 30.1. The van der Waals surface area contributed by atoms with Crippen molar-refractivity contribution in [1.82, 2.24) is 14.8 Å². The highest BCUT2D eigenvalue weighted by Crippen LogP contribution is 2.40. The number of aromatic nitrogens is 3. The van der Waals surface area contributed by atoms with Gasteiger partial charge >= 0.3 is 0 Å². The second kappa shape index (κ2) is 8.33. The smallest absolute Gasteiger partial charge is 0.273 e. The van der Waals surface area contributed by atoms with Gasteiger partial charge in [0.25, 0.3) is 5.69 Å². The van der Waals surface area contributed by atoms with Gasteiger partial charge in [0.05, 0.1) is 17.1 Å². The number of nitro benzene ring substituents is 1. The number of rotatable bonds is 10. The van der Waals surface area contributed by atoms with Crippen LogP contribution in [0.3, 0.4) is 0 Å². The van der Waals surface area contributed by atoms with E-state index in [4.69, 9.17) is 4.74 Å². The zero-order valence-electron chi connectivity index (χ0n) is 14.2. The van der Waals surface area contributed by atoms with Gasteiger partial charge in [-0.15, -0.1) is 16.8 Å². The van der Waals surface area contributed by atoms with Crippen LogP contribution in [0.4, 0.5) is 5.69 Å². The Balaban J connectivity index is 1.53. The molecule has 1 aliphatic rings. The number of aliphatic hydroxyl groups excluding tert-OH is 1. The number of aliphatic hydroxyl groups is 1. The van der Waals surface area contributed by atoms with E-state index in [9.17, 15) is 15.2 Å². The van der Waals surface area contributed by atoms with E-state index >= 15 is 0 Å². The van der Waals surface area contributed by atoms with Gasteiger partial charge in [0, 0.05) is 24.3 Å². The monoisotopic (exact) mass is 376 g/mol. The summed E-state index contributed by atoms with van der Waals surface area (Å²) in [7, 11) is 0. The maximum Gasteiger partial charge on any atom is 0.273 e. The van der Waals surface area contributed by atoms with E-state index in [1.807, 2.05) is 4.57 Å². The van der Waals surface area contributed by atoms with Crippen molar-refractivity contribution < 1.29 is 14.8 Å². The molecule has 3 rings (SSSR count). The summed E-state index contributed by atoms with van der Waals surface area (Å²) in [5.41, 5.74) is -0.0449. The zero-order valence-corrected chi connectivity index (χ0v) is 15.0. The van der Waals surface area contributed by atoms with Crippen LogP contribution in [0.1, 0.15) is 24.6 Å². The molecule has 138 valence electrons. The molecule has 1 aromatic carbocycles. The SMILES string of the molecule is C=CCn1c(SC[C@H](O)COc2cccc([N+](=O)[O-])c2)nnc1C1CC1. The number of hydrogen-bond acceptors (Lipinski definition) is 7. The number of benzene rings is 1. The lowest BCUT2D eigenvalue weighted by Crippen LogP contribution is -2.20. The number of nitro groups is 1. The third-order valence-corrected chi connectivity index (χ3v) is 4.99. The lowest BCUT2D eigenvalue weighted by Gasteiger charge is -2.12. The average molecular weight is 376 g/mol. The molecular weight excluding hydrogens is 356 g/mol. The van der Waals surface area contributed by atoms with Crippen LogP contribution < -0.4 is 4.74 Å². The Morgan fingerprint density at radius 1 is 1.50 bits per heavy atom. The number of nitrogens with zero attached hydrogens (tertiary/aromatic N) is 4. The molecule has 1 aliphatic carbocycles. The highest BCUT2D eigenvalue weighted by molar-refractivity contribution is 7.99. The molecule has 1 fully saturated rings. The topological polar surface area (TPSA) is 103 Å². The molecule has 0 unspecified atom stereocenters. The van der Waals surface area contributed by atoms with E-state index in [0.29, 0.717) is 24.0 Å². The summed E-state index contributed by atoms with van der Waals surface area (Å²) < 4.78 is 7.48. The van der Waals surface area contributed by atoms with Gasteiger partial charge in [0.15, 0.2) is 5.16 Å². The first kappa shape index (κ1) is 18.4. The van der Waals surface area contributed by atoms with E-state index in [1.54, 1.807) is 18.2 Å². The lowest BCUT2D eigenvalue weighted by molar-refractivity contribution is -0.384. The summed E-state index contributed by atoms with van der Waals surface area (Å²) in [6.45, 7) is 4.45. The predicted molar refractivity (Wildman–Crippen MR) is 97.5 cm³/mol.